The summed E-state index contributed by atoms with van der Waals surface area (Å²) in [6.07, 6.45) is 8.33. The van der Waals surface area contributed by atoms with Gasteiger partial charge in [0.05, 0.1) is 4.88 Å². The highest BCUT2D eigenvalue weighted by molar-refractivity contribution is 7.22. The fourth-order valence-electron chi connectivity index (χ4n) is 4.63. The van der Waals surface area contributed by atoms with Crippen molar-refractivity contribution in [1.29, 1.82) is 0 Å². The first kappa shape index (κ1) is 22.7. The first-order valence-electron chi connectivity index (χ1n) is 11.8. The molecule has 0 aliphatic heterocycles. The first-order chi connectivity index (χ1) is 16.7. The second kappa shape index (κ2) is 10.1. The average Bonchev–Trinajstić information content (AvgIpc) is 3.61. The molecule has 1 atom stereocenters. The maximum Gasteiger partial charge on any atom is 0.163 e. The van der Waals surface area contributed by atoms with E-state index in [4.69, 9.17) is 4.98 Å². The monoisotopic (exact) mass is 488 g/mol. The number of fused-ring (bicyclic) bond motifs is 2. The van der Waals surface area contributed by atoms with Gasteiger partial charge in [-0.2, -0.15) is 11.3 Å². The third-order valence-electron chi connectivity index (χ3n) is 6.28. The Hall–Kier alpha value is -3.03. The van der Waals surface area contributed by atoms with Crippen molar-refractivity contribution >= 4 is 49.9 Å². The highest BCUT2D eigenvalue weighted by Gasteiger charge is 2.23. The van der Waals surface area contributed by atoms with Gasteiger partial charge in [0, 0.05) is 47.4 Å². The molecule has 0 amide bonds. The molecule has 7 heteroatoms. The largest absolute Gasteiger partial charge is 0.371 e. The summed E-state index contributed by atoms with van der Waals surface area (Å²) in [4.78, 5) is 23.5. The molecule has 4 heterocycles. The van der Waals surface area contributed by atoms with Crippen molar-refractivity contribution < 1.29 is 4.79 Å². The summed E-state index contributed by atoms with van der Waals surface area (Å²) < 4.78 is 3.46. The van der Waals surface area contributed by atoms with Gasteiger partial charge in [0.15, 0.2) is 11.6 Å². The van der Waals surface area contributed by atoms with Crippen molar-refractivity contribution in [3.05, 3.63) is 70.9 Å². The predicted octanol–water partition coefficient (Wildman–Crippen LogP) is 7.65. The number of anilines is 1. The van der Waals surface area contributed by atoms with Crippen LogP contribution in [0, 0.1) is 0 Å². The maximum atomic E-state index is 12.5. The third-order valence-corrected chi connectivity index (χ3v) is 8.09. The third kappa shape index (κ3) is 4.38. The van der Waals surface area contributed by atoms with Crippen molar-refractivity contribution in [2.24, 2.45) is 0 Å². The summed E-state index contributed by atoms with van der Waals surface area (Å²) >= 11 is 3.34. The van der Waals surface area contributed by atoms with Gasteiger partial charge in [0.1, 0.15) is 17.0 Å². The quantitative estimate of drug-likeness (QED) is 0.205. The lowest BCUT2D eigenvalue weighted by atomic mass is 9.95. The van der Waals surface area contributed by atoms with E-state index in [1.165, 1.54) is 10.1 Å². The van der Waals surface area contributed by atoms with E-state index in [0.29, 0.717) is 6.42 Å². The molecule has 1 unspecified atom stereocenters. The van der Waals surface area contributed by atoms with E-state index in [-0.39, 0.29) is 11.7 Å². The molecule has 34 heavy (non-hydrogen) atoms. The Balaban J connectivity index is 1.51. The number of nitrogens with one attached hydrogen (secondary N) is 1. The zero-order valence-electron chi connectivity index (χ0n) is 19.5. The molecule has 4 aromatic heterocycles. The number of aromatic nitrogens is 3. The number of rotatable bonds is 10. The van der Waals surface area contributed by atoms with Gasteiger partial charge in [-0.05, 0) is 48.2 Å². The van der Waals surface area contributed by atoms with E-state index in [9.17, 15) is 4.79 Å². The van der Waals surface area contributed by atoms with E-state index in [0.717, 1.165) is 59.0 Å². The molecule has 174 valence electrons. The highest BCUT2D eigenvalue weighted by Crippen LogP contribution is 2.39. The van der Waals surface area contributed by atoms with Crippen molar-refractivity contribution in [3.63, 3.8) is 0 Å². The van der Waals surface area contributed by atoms with Gasteiger partial charge in [-0.1, -0.05) is 31.5 Å². The van der Waals surface area contributed by atoms with Gasteiger partial charge < -0.3 is 5.32 Å². The van der Waals surface area contributed by atoms with Crippen LogP contribution in [0.3, 0.4) is 0 Å². The Labute approximate surface area is 207 Å². The van der Waals surface area contributed by atoms with E-state index in [1.54, 1.807) is 22.7 Å². The van der Waals surface area contributed by atoms with Gasteiger partial charge >= 0.3 is 0 Å². The van der Waals surface area contributed by atoms with Crippen LogP contribution in [0.1, 0.15) is 61.1 Å². The lowest BCUT2D eigenvalue weighted by Gasteiger charge is -2.15. The van der Waals surface area contributed by atoms with Gasteiger partial charge in [0.2, 0.25) is 0 Å². The highest BCUT2D eigenvalue weighted by atomic mass is 32.1. The number of carbonyl (C=O) groups excluding carboxylic acids is 1. The molecule has 5 aromatic rings. The summed E-state index contributed by atoms with van der Waals surface area (Å²) in [5.41, 5.74) is 2.83. The van der Waals surface area contributed by atoms with Crippen LogP contribution >= 0.6 is 22.7 Å². The zero-order chi connectivity index (χ0) is 23.5. The molecule has 0 saturated heterocycles. The molecule has 1 aromatic carbocycles. The van der Waals surface area contributed by atoms with Crippen LogP contribution in [0.2, 0.25) is 0 Å². The first-order valence-corrected chi connectivity index (χ1v) is 13.5. The van der Waals surface area contributed by atoms with Crippen LogP contribution in [0.15, 0.2) is 59.6 Å². The number of imidazole rings is 1. The summed E-state index contributed by atoms with van der Waals surface area (Å²) in [5.74, 6) is 2.41. The van der Waals surface area contributed by atoms with E-state index in [1.807, 2.05) is 36.3 Å². The number of carbonyl (C=O) groups is 1. The summed E-state index contributed by atoms with van der Waals surface area (Å²) in [6, 6.07) is 12.6. The van der Waals surface area contributed by atoms with Crippen LogP contribution in [-0.2, 0) is 0 Å². The molecular formula is C27H28N4OS2. The Morgan fingerprint density at radius 3 is 2.85 bits per heavy atom. The minimum absolute atomic E-state index is 0.233. The lowest BCUT2D eigenvalue weighted by Crippen LogP contribution is -2.07. The second-order valence-electron chi connectivity index (χ2n) is 8.52. The molecule has 0 aliphatic carbocycles. The number of ketones is 1. The minimum atomic E-state index is 0.233. The number of hydrogen-bond donors (Lipinski definition) is 1. The van der Waals surface area contributed by atoms with Crippen molar-refractivity contribution in [3.8, 4) is 10.6 Å². The Kier molecular flexibility index (Phi) is 6.74. The number of nitrogens with zero attached hydrogens (tertiary/aromatic N) is 3. The summed E-state index contributed by atoms with van der Waals surface area (Å²) in [6.45, 7) is 2.22. The van der Waals surface area contributed by atoms with Gasteiger partial charge in [0.25, 0.3) is 0 Å². The van der Waals surface area contributed by atoms with Crippen LogP contribution in [0.4, 0.5) is 5.82 Å². The molecule has 0 saturated carbocycles. The van der Waals surface area contributed by atoms with Gasteiger partial charge in [-0.15, -0.1) is 11.3 Å². The number of thiophene rings is 2. The smallest absolute Gasteiger partial charge is 0.163 e. The molecule has 5 rings (SSSR count). The molecular weight excluding hydrogens is 460 g/mol. The average molecular weight is 489 g/mol. The van der Waals surface area contributed by atoms with Crippen molar-refractivity contribution in [2.45, 2.75) is 44.9 Å². The zero-order valence-corrected chi connectivity index (χ0v) is 21.1. The minimum Gasteiger partial charge on any atom is -0.371 e. The molecule has 0 bridgehead atoms. The molecule has 0 fully saturated rings. The fourth-order valence-corrected chi connectivity index (χ4v) is 6.35. The molecule has 1 N–H and O–H groups in total. The van der Waals surface area contributed by atoms with Crippen LogP contribution in [-0.4, -0.2) is 27.2 Å². The van der Waals surface area contributed by atoms with E-state index < -0.39 is 0 Å². The van der Waals surface area contributed by atoms with Crippen LogP contribution in [0.5, 0.6) is 0 Å². The lowest BCUT2D eigenvalue weighted by molar-refractivity contribution is 0.0979. The van der Waals surface area contributed by atoms with E-state index in [2.05, 4.69) is 52.0 Å². The van der Waals surface area contributed by atoms with Gasteiger partial charge in [-0.3, -0.25) is 9.20 Å². The summed E-state index contributed by atoms with van der Waals surface area (Å²) in [5, 5.41) is 8.40. The fraction of sp³-hybridized carbons (Fsp3) is 0.296. The molecule has 0 radical (unpaired) electrons. The molecule has 0 aliphatic rings. The normalized spacial score (nSPS) is 12.4. The van der Waals surface area contributed by atoms with Gasteiger partial charge in [-0.25, -0.2) is 9.97 Å². The summed E-state index contributed by atoms with van der Waals surface area (Å²) in [7, 11) is 1.91. The molecule has 0 spiro atoms. The van der Waals surface area contributed by atoms with Crippen molar-refractivity contribution in [1.82, 2.24) is 14.4 Å². The second-order valence-corrected chi connectivity index (χ2v) is 10.4. The Morgan fingerprint density at radius 2 is 2.09 bits per heavy atom. The Morgan fingerprint density at radius 1 is 1.21 bits per heavy atom. The van der Waals surface area contributed by atoms with Crippen LogP contribution in [0.25, 0.3) is 26.2 Å². The number of hydrogen-bond acceptors (Lipinski definition) is 6. The topological polar surface area (TPSA) is 59.3 Å². The SMILES string of the molecule is CCCC(CCCC(=O)c1ccsc1)c1nc(-c2cc3ccccc3s2)c2c(NC)nccn12. The van der Waals surface area contributed by atoms with Crippen molar-refractivity contribution in [2.75, 3.05) is 12.4 Å². The van der Waals surface area contributed by atoms with E-state index >= 15 is 0 Å². The molecule has 5 nitrogen and oxygen atoms in total. The standard InChI is InChI=1S/C27H28N4OS2/c1-3-7-18(9-6-10-21(32)20-12-15-33-17-20)27-30-24(25-26(28-2)29-13-14-31(25)27)23-16-19-8-4-5-11-22(19)34-23/h4-5,8,11-18H,3,6-7,9-10H2,1-2H3,(H,28,29). The number of Topliss-reactive ketones (excluding diaryl/α,β-unsaturated/α-hetero) is 1. The predicted molar refractivity (Wildman–Crippen MR) is 144 cm³/mol. The maximum absolute atomic E-state index is 12.5. The van der Waals surface area contributed by atoms with Crippen LogP contribution < -0.4 is 5.32 Å². The number of benzene rings is 1. The Bertz CT molecular complexity index is 1380.